The van der Waals surface area contributed by atoms with Crippen LogP contribution in [-0.4, -0.2) is 0 Å². The summed E-state index contributed by atoms with van der Waals surface area (Å²) in [6.07, 6.45) is 6.79. The fourth-order valence-corrected chi connectivity index (χ4v) is 4.57. The summed E-state index contributed by atoms with van der Waals surface area (Å²) >= 11 is 0. The van der Waals surface area contributed by atoms with Gasteiger partial charge in [0.1, 0.15) is 0 Å². The molecule has 145 valence electrons. The summed E-state index contributed by atoms with van der Waals surface area (Å²) in [5, 5.41) is 0. The molecule has 0 atom stereocenters. The van der Waals surface area contributed by atoms with Crippen LogP contribution in [0, 0.1) is 13.0 Å². The number of aryl methyl sites for hydroxylation is 1. The molecular weight excluding hydrogens is 324 g/mol. The van der Waals surface area contributed by atoms with Crippen LogP contribution in [0.1, 0.15) is 102 Å². The largest absolute Gasteiger partial charge is 0.0561 e. The first-order chi connectivity index (χ1) is 12.6. The molecule has 1 aliphatic rings. The average molecular weight is 362 g/mol. The van der Waals surface area contributed by atoms with E-state index in [1.165, 1.54) is 65.5 Å². The summed E-state index contributed by atoms with van der Waals surface area (Å²) in [6, 6.07) is 15.3. The zero-order chi connectivity index (χ0) is 19.8. The molecule has 27 heavy (non-hydrogen) atoms. The number of rotatable bonds is 2. The molecule has 2 aromatic carbocycles. The lowest BCUT2D eigenvalue weighted by atomic mass is 9.73. The molecule has 2 aromatic rings. The van der Waals surface area contributed by atoms with Crippen LogP contribution in [0.15, 0.2) is 30.3 Å². The summed E-state index contributed by atoms with van der Waals surface area (Å²) in [7, 11) is 0. The van der Waals surface area contributed by atoms with E-state index in [0.29, 0.717) is 5.92 Å². The molecule has 3 rings (SSSR count). The third-order valence-electron chi connectivity index (χ3n) is 6.06. The standard InChI is InChI=1S/C27H37/c1-19-16-23(26(2,3)4)25(24(17-19)27(5,6)7)22-15-11-14-21(18-22)20-12-9-8-10-13-20/h11,15-18,20H,8-10,12-13H2,1-7H3. The predicted molar refractivity (Wildman–Crippen MR) is 119 cm³/mol. The van der Waals surface area contributed by atoms with Crippen LogP contribution in [0.5, 0.6) is 0 Å². The first kappa shape index (κ1) is 20.2. The Labute approximate surface area is 167 Å². The van der Waals surface area contributed by atoms with Crippen LogP contribution in [-0.2, 0) is 10.8 Å². The van der Waals surface area contributed by atoms with Gasteiger partial charge in [-0.25, -0.2) is 0 Å². The Hall–Kier alpha value is -1.56. The van der Waals surface area contributed by atoms with Crippen LogP contribution < -0.4 is 0 Å². The maximum Gasteiger partial charge on any atom is -0.0109 e. The minimum Gasteiger partial charge on any atom is -0.0561 e. The van der Waals surface area contributed by atoms with Crippen molar-refractivity contribution < 1.29 is 0 Å². The molecule has 0 amide bonds. The second-order valence-electron chi connectivity index (χ2n) is 10.6. The quantitative estimate of drug-likeness (QED) is 0.507. The van der Waals surface area contributed by atoms with Crippen molar-refractivity contribution in [2.75, 3.05) is 0 Å². The third-order valence-corrected chi connectivity index (χ3v) is 6.06. The first-order valence-electron chi connectivity index (χ1n) is 10.7. The van der Waals surface area contributed by atoms with E-state index in [9.17, 15) is 0 Å². The van der Waals surface area contributed by atoms with Crippen LogP contribution in [0.25, 0.3) is 11.1 Å². The highest BCUT2D eigenvalue weighted by Gasteiger charge is 2.27. The Morgan fingerprint density at radius 1 is 0.815 bits per heavy atom. The second-order valence-corrected chi connectivity index (χ2v) is 10.6. The van der Waals surface area contributed by atoms with Gasteiger partial charge in [-0.3, -0.25) is 0 Å². The molecule has 1 fully saturated rings. The first-order valence-corrected chi connectivity index (χ1v) is 10.7. The van der Waals surface area contributed by atoms with Crippen molar-refractivity contribution in [1.82, 2.24) is 0 Å². The molecule has 0 aliphatic heterocycles. The van der Waals surface area contributed by atoms with Crippen LogP contribution in [0.3, 0.4) is 0 Å². The maximum absolute atomic E-state index is 3.58. The van der Waals surface area contributed by atoms with E-state index in [1.54, 1.807) is 0 Å². The van der Waals surface area contributed by atoms with Crippen molar-refractivity contribution in [1.29, 1.82) is 0 Å². The van der Waals surface area contributed by atoms with E-state index < -0.39 is 0 Å². The maximum atomic E-state index is 3.58. The smallest absolute Gasteiger partial charge is 0.0109 e. The molecule has 0 heteroatoms. The molecule has 0 bridgehead atoms. The van der Waals surface area contributed by atoms with Crippen molar-refractivity contribution in [3.05, 3.63) is 58.7 Å². The fourth-order valence-electron chi connectivity index (χ4n) is 4.57. The van der Waals surface area contributed by atoms with Gasteiger partial charge in [0.15, 0.2) is 0 Å². The highest BCUT2D eigenvalue weighted by atomic mass is 14.3. The monoisotopic (exact) mass is 361 g/mol. The van der Waals surface area contributed by atoms with Crippen LogP contribution in [0.4, 0.5) is 0 Å². The summed E-state index contributed by atoms with van der Waals surface area (Å²) < 4.78 is 0. The number of benzene rings is 2. The Morgan fingerprint density at radius 2 is 1.37 bits per heavy atom. The van der Waals surface area contributed by atoms with Gasteiger partial charge < -0.3 is 0 Å². The van der Waals surface area contributed by atoms with Crippen LogP contribution >= 0.6 is 0 Å². The van der Waals surface area contributed by atoms with Gasteiger partial charge in [-0.15, -0.1) is 0 Å². The predicted octanol–water partition coefficient (Wildman–Crippen LogP) is 8.10. The molecule has 1 saturated carbocycles. The zero-order valence-electron chi connectivity index (χ0n) is 18.5. The van der Waals surface area contributed by atoms with E-state index in [1.807, 2.05) is 0 Å². The van der Waals surface area contributed by atoms with Gasteiger partial charge >= 0.3 is 0 Å². The van der Waals surface area contributed by atoms with Gasteiger partial charge in [-0.1, -0.05) is 96.7 Å². The lowest BCUT2D eigenvalue weighted by molar-refractivity contribution is 0.443. The molecular formula is C27H37. The van der Waals surface area contributed by atoms with E-state index in [4.69, 9.17) is 0 Å². The van der Waals surface area contributed by atoms with Gasteiger partial charge in [0.05, 0.1) is 0 Å². The Balaban J connectivity index is 2.21. The minimum atomic E-state index is 0.117. The summed E-state index contributed by atoms with van der Waals surface area (Å²) in [4.78, 5) is 0. The average Bonchev–Trinajstić information content (AvgIpc) is 2.60. The van der Waals surface area contributed by atoms with Crippen molar-refractivity contribution in [3.8, 4) is 11.1 Å². The molecule has 0 nitrogen and oxygen atoms in total. The minimum absolute atomic E-state index is 0.117. The topological polar surface area (TPSA) is 0 Å². The molecule has 1 aliphatic carbocycles. The van der Waals surface area contributed by atoms with E-state index >= 15 is 0 Å². The zero-order valence-corrected chi connectivity index (χ0v) is 18.5. The van der Waals surface area contributed by atoms with E-state index in [0.717, 1.165) is 0 Å². The van der Waals surface area contributed by atoms with Gasteiger partial charge in [0.25, 0.3) is 0 Å². The molecule has 0 heterocycles. The Bertz CT molecular complexity index is 755. The number of hydrogen-bond donors (Lipinski definition) is 0. The van der Waals surface area contributed by atoms with E-state index in [2.05, 4.69) is 84.9 Å². The van der Waals surface area contributed by atoms with Gasteiger partial charge in [0.2, 0.25) is 0 Å². The summed E-state index contributed by atoms with van der Waals surface area (Å²) in [6.45, 7) is 16.3. The van der Waals surface area contributed by atoms with Crippen molar-refractivity contribution in [2.24, 2.45) is 0 Å². The van der Waals surface area contributed by atoms with E-state index in [-0.39, 0.29) is 10.8 Å². The van der Waals surface area contributed by atoms with Gasteiger partial charge in [0, 0.05) is 0 Å². The second kappa shape index (κ2) is 7.46. The normalized spacial score (nSPS) is 16.6. The molecule has 0 aromatic heterocycles. The lowest BCUT2D eigenvalue weighted by Gasteiger charge is -2.31. The SMILES string of the molecule is Cc1cc(C(C)(C)C)c(-c2cc[c]c(C3CCCCC3)c2)c(C(C)(C)C)c1. The van der Waals surface area contributed by atoms with Gasteiger partial charge in [-0.05, 0) is 70.4 Å². The highest BCUT2D eigenvalue weighted by molar-refractivity contribution is 5.75. The van der Waals surface area contributed by atoms with Crippen molar-refractivity contribution >= 4 is 0 Å². The molecule has 0 unspecified atom stereocenters. The Morgan fingerprint density at radius 3 is 1.89 bits per heavy atom. The van der Waals surface area contributed by atoms with Crippen molar-refractivity contribution in [3.63, 3.8) is 0 Å². The molecule has 0 saturated heterocycles. The lowest BCUT2D eigenvalue weighted by Crippen LogP contribution is -2.19. The Kier molecular flexibility index (Phi) is 5.57. The van der Waals surface area contributed by atoms with Crippen molar-refractivity contribution in [2.45, 2.75) is 97.3 Å². The number of hydrogen-bond acceptors (Lipinski definition) is 0. The molecule has 1 radical (unpaired) electrons. The fraction of sp³-hybridized carbons (Fsp3) is 0.556. The third kappa shape index (κ3) is 4.48. The molecule has 0 N–H and O–H groups in total. The van der Waals surface area contributed by atoms with Crippen LogP contribution in [0.2, 0.25) is 0 Å². The highest BCUT2D eigenvalue weighted by Crippen LogP contribution is 2.42. The summed E-state index contributed by atoms with van der Waals surface area (Å²) in [5.74, 6) is 0.695. The molecule has 0 spiro atoms. The van der Waals surface area contributed by atoms with Gasteiger partial charge in [-0.2, -0.15) is 0 Å². The summed E-state index contributed by atoms with van der Waals surface area (Å²) in [5.41, 5.74) is 8.78.